The van der Waals surface area contributed by atoms with Crippen LogP contribution in [0.4, 0.5) is 8.78 Å². The second kappa shape index (κ2) is 5.19. The zero-order valence-corrected chi connectivity index (χ0v) is 10.5. The van der Waals surface area contributed by atoms with Crippen LogP contribution in [0.15, 0.2) is 0 Å². The standard InChI is InChI=1S/C13H23F2NO/c1-10-4-6-16(9-12(10)17)8-11-3-2-5-13(14,15)7-11/h10-12,17H,2-9H2,1H3. The summed E-state index contributed by atoms with van der Waals surface area (Å²) in [5, 5.41) is 9.79. The molecule has 3 unspecified atom stereocenters. The molecule has 2 aliphatic rings. The van der Waals surface area contributed by atoms with Crippen LogP contribution in [0, 0.1) is 11.8 Å². The summed E-state index contributed by atoms with van der Waals surface area (Å²) >= 11 is 0. The van der Waals surface area contributed by atoms with E-state index in [0.29, 0.717) is 18.9 Å². The number of nitrogens with zero attached hydrogens (tertiary/aromatic N) is 1. The Hall–Kier alpha value is -0.220. The second-order valence-electron chi connectivity index (χ2n) is 5.91. The van der Waals surface area contributed by atoms with Crippen molar-refractivity contribution in [3.05, 3.63) is 0 Å². The summed E-state index contributed by atoms with van der Waals surface area (Å²) in [7, 11) is 0. The highest BCUT2D eigenvalue weighted by Gasteiger charge is 2.37. The van der Waals surface area contributed by atoms with Crippen LogP contribution in [0.1, 0.15) is 39.0 Å². The lowest BCUT2D eigenvalue weighted by atomic mass is 9.85. The molecule has 2 rings (SSSR count). The van der Waals surface area contributed by atoms with Gasteiger partial charge in [0, 0.05) is 25.9 Å². The Morgan fingerprint density at radius 1 is 1.35 bits per heavy atom. The molecule has 3 atom stereocenters. The molecule has 17 heavy (non-hydrogen) atoms. The van der Waals surface area contributed by atoms with E-state index < -0.39 is 5.92 Å². The average molecular weight is 247 g/mol. The smallest absolute Gasteiger partial charge is 0.248 e. The third-order valence-corrected chi connectivity index (χ3v) is 4.26. The van der Waals surface area contributed by atoms with E-state index in [0.717, 1.165) is 25.9 Å². The lowest BCUT2D eigenvalue weighted by Crippen LogP contribution is -2.45. The fraction of sp³-hybridized carbons (Fsp3) is 1.00. The molecule has 0 amide bonds. The predicted molar refractivity (Wildman–Crippen MR) is 63.1 cm³/mol. The number of hydrogen-bond donors (Lipinski definition) is 1. The van der Waals surface area contributed by atoms with Crippen LogP contribution >= 0.6 is 0 Å². The van der Waals surface area contributed by atoms with Crippen LogP contribution in [0.2, 0.25) is 0 Å². The average Bonchev–Trinajstić information content (AvgIpc) is 2.22. The Kier molecular flexibility index (Phi) is 4.03. The molecular weight excluding hydrogens is 224 g/mol. The van der Waals surface area contributed by atoms with Gasteiger partial charge in [0.05, 0.1) is 6.10 Å². The van der Waals surface area contributed by atoms with E-state index in [2.05, 4.69) is 11.8 Å². The summed E-state index contributed by atoms with van der Waals surface area (Å²) in [6, 6.07) is 0. The van der Waals surface area contributed by atoms with Gasteiger partial charge in [0.15, 0.2) is 0 Å². The van der Waals surface area contributed by atoms with Crippen LogP contribution < -0.4 is 0 Å². The van der Waals surface area contributed by atoms with Gasteiger partial charge in [-0.3, -0.25) is 0 Å². The maximum absolute atomic E-state index is 13.3. The first-order chi connectivity index (χ1) is 7.96. The van der Waals surface area contributed by atoms with Gasteiger partial charge in [-0.05, 0) is 37.6 Å². The fourth-order valence-corrected chi connectivity index (χ4v) is 3.08. The molecule has 1 saturated heterocycles. The van der Waals surface area contributed by atoms with Gasteiger partial charge in [0.25, 0.3) is 0 Å². The zero-order chi connectivity index (χ0) is 12.5. The third kappa shape index (κ3) is 3.62. The molecule has 4 heteroatoms. The lowest BCUT2D eigenvalue weighted by Gasteiger charge is -2.38. The van der Waals surface area contributed by atoms with E-state index in [4.69, 9.17) is 0 Å². The normalized spacial score (nSPS) is 39.2. The van der Waals surface area contributed by atoms with Crippen molar-refractivity contribution in [1.29, 1.82) is 0 Å². The molecule has 0 radical (unpaired) electrons. The summed E-state index contributed by atoms with van der Waals surface area (Å²) in [5.41, 5.74) is 0. The number of likely N-dealkylation sites (tertiary alicyclic amines) is 1. The first-order valence-corrected chi connectivity index (χ1v) is 6.74. The van der Waals surface area contributed by atoms with Gasteiger partial charge in [-0.2, -0.15) is 0 Å². The van der Waals surface area contributed by atoms with Gasteiger partial charge in [0.1, 0.15) is 0 Å². The van der Waals surface area contributed by atoms with Crippen LogP contribution in [0.5, 0.6) is 0 Å². The summed E-state index contributed by atoms with van der Waals surface area (Å²) in [6.45, 7) is 4.39. The molecule has 0 aromatic heterocycles. The molecule has 2 fully saturated rings. The molecule has 0 bridgehead atoms. The van der Waals surface area contributed by atoms with Crippen molar-refractivity contribution >= 4 is 0 Å². The van der Waals surface area contributed by atoms with Crippen LogP contribution in [-0.4, -0.2) is 41.7 Å². The fourth-order valence-electron chi connectivity index (χ4n) is 3.08. The number of halogens is 2. The van der Waals surface area contributed by atoms with Gasteiger partial charge in [-0.25, -0.2) is 8.78 Å². The van der Waals surface area contributed by atoms with Crippen molar-refractivity contribution in [1.82, 2.24) is 4.90 Å². The van der Waals surface area contributed by atoms with Gasteiger partial charge in [0.2, 0.25) is 5.92 Å². The summed E-state index contributed by atoms with van der Waals surface area (Å²) < 4.78 is 26.6. The second-order valence-corrected chi connectivity index (χ2v) is 5.91. The van der Waals surface area contributed by atoms with Crippen molar-refractivity contribution in [2.24, 2.45) is 11.8 Å². The quantitative estimate of drug-likeness (QED) is 0.810. The number of piperidine rings is 1. The molecule has 1 aliphatic carbocycles. The molecule has 1 N–H and O–H groups in total. The van der Waals surface area contributed by atoms with E-state index in [-0.39, 0.29) is 24.9 Å². The van der Waals surface area contributed by atoms with Crippen LogP contribution in [0.25, 0.3) is 0 Å². The van der Waals surface area contributed by atoms with Crippen molar-refractivity contribution in [3.8, 4) is 0 Å². The van der Waals surface area contributed by atoms with Gasteiger partial charge in [-0.1, -0.05) is 6.92 Å². The lowest BCUT2D eigenvalue weighted by molar-refractivity contribution is -0.0616. The molecule has 1 heterocycles. The number of aliphatic hydroxyl groups is 1. The SMILES string of the molecule is CC1CCN(CC2CCCC(F)(F)C2)CC1O. The Balaban J connectivity index is 1.81. The Morgan fingerprint density at radius 2 is 2.12 bits per heavy atom. The first-order valence-electron chi connectivity index (χ1n) is 6.74. The molecule has 0 aromatic rings. The minimum absolute atomic E-state index is 0.0369. The number of β-amino-alcohol motifs (C(OH)–C–C–N with tert-alkyl or cyclic N) is 1. The van der Waals surface area contributed by atoms with E-state index in [1.165, 1.54) is 0 Å². The topological polar surface area (TPSA) is 23.5 Å². The highest BCUT2D eigenvalue weighted by Crippen LogP contribution is 2.37. The molecule has 1 saturated carbocycles. The van der Waals surface area contributed by atoms with E-state index >= 15 is 0 Å². The van der Waals surface area contributed by atoms with Crippen molar-refractivity contribution < 1.29 is 13.9 Å². The third-order valence-electron chi connectivity index (χ3n) is 4.26. The monoisotopic (exact) mass is 247 g/mol. The van der Waals surface area contributed by atoms with Gasteiger partial charge in [-0.15, -0.1) is 0 Å². The molecule has 2 nitrogen and oxygen atoms in total. The van der Waals surface area contributed by atoms with E-state index in [9.17, 15) is 13.9 Å². The minimum Gasteiger partial charge on any atom is -0.392 e. The Bertz CT molecular complexity index is 260. The number of hydrogen-bond acceptors (Lipinski definition) is 2. The van der Waals surface area contributed by atoms with Crippen molar-refractivity contribution in [2.75, 3.05) is 19.6 Å². The first kappa shape index (κ1) is 13.2. The Morgan fingerprint density at radius 3 is 2.76 bits per heavy atom. The van der Waals surface area contributed by atoms with Gasteiger partial charge >= 0.3 is 0 Å². The molecule has 100 valence electrons. The number of rotatable bonds is 2. The summed E-state index contributed by atoms with van der Waals surface area (Å²) in [6.07, 6.45) is 2.35. The predicted octanol–water partition coefficient (Wildman–Crippen LogP) is 2.51. The maximum atomic E-state index is 13.3. The van der Waals surface area contributed by atoms with E-state index in [1.54, 1.807) is 0 Å². The zero-order valence-electron chi connectivity index (χ0n) is 10.5. The maximum Gasteiger partial charge on any atom is 0.248 e. The summed E-state index contributed by atoms with van der Waals surface area (Å²) in [4.78, 5) is 2.16. The minimum atomic E-state index is -2.45. The highest BCUT2D eigenvalue weighted by atomic mass is 19.3. The van der Waals surface area contributed by atoms with Gasteiger partial charge < -0.3 is 10.0 Å². The molecular formula is C13H23F2NO. The van der Waals surface area contributed by atoms with Crippen molar-refractivity contribution in [2.45, 2.75) is 51.1 Å². The number of alkyl halides is 2. The molecule has 0 aromatic carbocycles. The van der Waals surface area contributed by atoms with Crippen LogP contribution in [0.3, 0.4) is 0 Å². The van der Waals surface area contributed by atoms with E-state index in [1.807, 2.05) is 0 Å². The van der Waals surface area contributed by atoms with Crippen LogP contribution in [-0.2, 0) is 0 Å². The van der Waals surface area contributed by atoms with Crippen molar-refractivity contribution in [3.63, 3.8) is 0 Å². The highest BCUT2D eigenvalue weighted by molar-refractivity contribution is 4.83. The molecule has 1 aliphatic heterocycles. The molecule has 0 spiro atoms. The number of aliphatic hydroxyl groups excluding tert-OH is 1. The summed E-state index contributed by atoms with van der Waals surface area (Å²) in [5.74, 6) is -2.00. The largest absolute Gasteiger partial charge is 0.392 e. The Labute approximate surface area is 102 Å².